The van der Waals surface area contributed by atoms with Gasteiger partial charge in [0.15, 0.2) is 11.5 Å². The van der Waals surface area contributed by atoms with Crippen molar-refractivity contribution in [2.45, 2.75) is 26.4 Å². The van der Waals surface area contributed by atoms with Gasteiger partial charge in [-0.15, -0.1) is 0 Å². The fourth-order valence-corrected chi connectivity index (χ4v) is 2.65. The lowest BCUT2D eigenvalue weighted by Gasteiger charge is -2.14. The zero-order valence-corrected chi connectivity index (χ0v) is 15.1. The van der Waals surface area contributed by atoms with Gasteiger partial charge in [0.25, 0.3) is 5.91 Å². The number of aryl methyl sites for hydroxylation is 1. The summed E-state index contributed by atoms with van der Waals surface area (Å²) in [4.78, 5) is 39.5. The maximum absolute atomic E-state index is 12.3. The zero-order chi connectivity index (χ0) is 19.4. The van der Waals surface area contributed by atoms with Gasteiger partial charge in [0.2, 0.25) is 0 Å². The Morgan fingerprint density at radius 2 is 1.81 bits per heavy atom. The predicted molar refractivity (Wildman–Crippen MR) is 104 cm³/mol. The first kappa shape index (κ1) is 18.4. The van der Waals surface area contributed by atoms with E-state index in [1.165, 1.54) is 13.0 Å². The van der Waals surface area contributed by atoms with Crippen LogP contribution in [0.15, 0.2) is 59.4 Å². The van der Waals surface area contributed by atoms with E-state index in [0.29, 0.717) is 16.6 Å². The van der Waals surface area contributed by atoms with Gasteiger partial charge in [-0.3, -0.25) is 9.59 Å². The second kappa shape index (κ2) is 7.86. The zero-order valence-electron chi connectivity index (χ0n) is 15.1. The number of nitrogens with one attached hydrogen (secondary N) is 2. The topological polar surface area (TPSA) is 88.3 Å². The molecule has 0 fully saturated rings. The smallest absolute Gasteiger partial charge is 0.355 e. The number of hydrogen-bond donors (Lipinski definition) is 2. The van der Waals surface area contributed by atoms with Crippen LogP contribution in [0, 0.1) is 0 Å². The third-order valence-corrected chi connectivity index (χ3v) is 4.24. The Hall–Kier alpha value is -3.41. The van der Waals surface area contributed by atoms with Crippen LogP contribution in [0.1, 0.15) is 29.9 Å². The third kappa shape index (κ3) is 4.23. The standard InChI is InChI=1S/C21H20N2O4/c1-3-14-8-10-15(11-9-14)22-20(25)13(2)27-21(26)18-12-19(24)16-6-4-5-7-17(16)23-18/h4-13H,3H2,1-2H3,(H,22,25)(H,23,24)/t13-/m0/s1. The van der Waals surface area contributed by atoms with Crippen molar-refractivity contribution in [3.05, 3.63) is 76.1 Å². The van der Waals surface area contributed by atoms with E-state index in [0.717, 1.165) is 12.0 Å². The number of aromatic amines is 1. The summed E-state index contributed by atoms with van der Waals surface area (Å²) in [5.41, 5.74) is 2.03. The predicted octanol–water partition coefficient (Wildman–Crippen LogP) is 3.27. The van der Waals surface area contributed by atoms with Crippen LogP contribution in [-0.4, -0.2) is 23.0 Å². The molecule has 3 aromatic rings. The molecule has 2 N–H and O–H groups in total. The number of H-pyrrole nitrogens is 1. The summed E-state index contributed by atoms with van der Waals surface area (Å²) < 4.78 is 5.20. The lowest BCUT2D eigenvalue weighted by molar-refractivity contribution is -0.123. The number of carbonyl (C=O) groups excluding carboxylic acids is 2. The van der Waals surface area contributed by atoms with Crippen LogP contribution in [0.2, 0.25) is 0 Å². The van der Waals surface area contributed by atoms with Crippen LogP contribution in [0.5, 0.6) is 0 Å². The van der Waals surface area contributed by atoms with Crippen molar-refractivity contribution in [3.63, 3.8) is 0 Å². The van der Waals surface area contributed by atoms with Crippen molar-refractivity contribution >= 4 is 28.5 Å². The van der Waals surface area contributed by atoms with E-state index in [1.54, 1.807) is 36.4 Å². The number of aromatic nitrogens is 1. The first-order chi connectivity index (χ1) is 13.0. The Kier molecular flexibility index (Phi) is 5.35. The van der Waals surface area contributed by atoms with Gasteiger partial charge < -0.3 is 15.0 Å². The van der Waals surface area contributed by atoms with Gasteiger partial charge in [-0.1, -0.05) is 31.2 Å². The minimum absolute atomic E-state index is 0.00523. The maximum atomic E-state index is 12.3. The molecule has 0 bridgehead atoms. The fourth-order valence-electron chi connectivity index (χ4n) is 2.65. The summed E-state index contributed by atoms with van der Waals surface area (Å²) in [6.07, 6.45) is -0.107. The molecular formula is C21H20N2O4. The molecule has 0 radical (unpaired) electrons. The van der Waals surface area contributed by atoms with E-state index < -0.39 is 18.0 Å². The number of benzene rings is 2. The van der Waals surface area contributed by atoms with Gasteiger partial charge in [-0.25, -0.2) is 4.79 Å². The van der Waals surface area contributed by atoms with E-state index in [9.17, 15) is 14.4 Å². The number of rotatable bonds is 5. The molecule has 3 rings (SSSR count). The number of carbonyl (C=O) groups is 2. The SMILES string of the molecule is CCc1ccc(NC(=O)[C@H](C)OC(=O)c2cc(=O)c3ccccc3[nH]2)cc1. The Balaban J connectivity index is 1.69. The number of anilines is 1. The molecule has 27 heavy (non-hydrogen) atoms. The molecular weight excluding hydrogens is 344 g/mol. The molecule has 0 aliphatic heterocycles. The monoisotopic (exact) mass is 364 g/mol. The maximum Gasteiger partial charge on any atom is 0.355 e. The Bertz CT molecular complexity index is 1040. The van der Waals surface area contributed by atoms with Gasteiger partial charge in [-0.05, 0) is 43.2 Å². The highest BCUT2D eigenvalue weighted by Gasteiger charge is 2.20. The normalized spacial score (nSPS) is 11.8. The van der Waals surface area contributed by atoms with E-state index in [1.807, 2.05) is 19.1 Å². The van der Waals surface area contributed by atoms with Crippen LogP contribution in [-0.2, 0) is 16.0 Å². The minimum atomic E-state index is -1.02. The molecule has 6 nitrogen and oxygen atoms in total. The van der Waals surface area contributed by atoms with Gasteiger partial charge in [0.05, 0.1) is 0 Å². The third-order valence-electron chi connectivity index (χ3n) is 4.24. The quantitative estimate of drug-likeness (QED) is 0.680. The van der Waals surface area contributed by atoms with Gasteiger partial charge in [-0.2, -0.15) is 0 Å². The number of pyridine rings is 1. The molecule has 0 aliphatic rings. The van der Waals surface area contributed by atoms with Crippen LogP contribution < -0.4 is 10.7 Å². The summed E-state index contributed by atoms with van der Waals surface area (Å²) in [5.74, 6) is -1.21. The second-order valence-corrected chi connectivity index (χ2v) is 6.18. The molecule has 1 heterocycles. The number of esters is 1. The fraction of sp³-hybridized carbons (Fsp3) is 0.190. The summed E-state index contributed by atoms with van der Waals surface area (Å²) in [5, 5.41) is 3.18. The van der Waals surface area contributed by atoms with Gasteiger partial charge in [0.1, 0.15) is 5.69 Å². The van der Waals surface area contributed by atoms with E-state index in [4.69, 9.17) is 4.74 Å². The van der Waals surface area contributed by atoms with Crippen molar-refractivity contribution in [1.29, 1.82) is 0 Å². The van der Waals surface area contributed by atoms with E-state index in [-0.39, 0.29) is 11.1 Å². The molecule has 1 atom stereocenters. The summed E-state index contributed by atoms with van der Waals surface area (Å²) in [6.45, 7) is 3.53. The highest BCUT2D eigenvalue weighted by atomic mass is 16.5. The molecule has 2 aromatic carbocycles. The second-order valence-electron chi connectivity index (χ2n) is 6.18. The molecule has 0 saturated carbocycles. The lowest BCUT2D eigenvalue weighted by Crippen LogP contribution is -2.30. The van der Waals surface area contributed by atoms with Crippen LogP contribution >= 0.6 is 0 Å². The minimum Gasteiger partial charge on any atom is -0.448 e. The van der Waals surface area contributed by atoms with Crippen LogP contribution in [0.4, 0.5) is 5.69 Å². The average Bonchev–Trinajstić information content (AvgIpc) is 2.68. The van der Waals surface area contributed by atoms with E-state index in [2.05, 4.69) is 10.3 Å². The molecule has 1 amide bonds. The first-order valence-electron chi connectivity index (χ1n) is 8.70. The summed E-state index contributed by atoms with van der Waals surface area (Å²) >= 11 is 0. The lowest BCUT2D eigenvalue weighted by atomic mass is 10.1. The van der Waals surface area contributed by atoms with Crippen LogP contribution in [0.3, 0.4) is 0 Å². The molecule has 0 aliphatic carbocycles. The number of hydrogen-bond acceptors (Lipinski definition) is 4. The van der Waals surface area contributed by atoms with E-state index >= 15 is 0 Å². The number of para-hydroxylation sites is 1. The summed E-state index contributed by atoms with van der Waals surface area (Å²) in [7, 11) is 0. The summed E-state index contributed by atoms with van der Waals surface area (Å²) in [6, 6.07) is 15.5. The Morgan fingerprint density at radius 1 is 1.11 bits per heavy atom. The van der Waals surface area contributed by atoms with Gasteiger partial charge in [0, 0.05) is 22.7 Å². The largest absolute Gasteiger partial charge is 0.448 e. The molecule has 0 spiro atoms. The molecule has 6 heteroatoms. The highest BCUT2D eigenvalue weighted by Crippen LogP contribution is 2.12. The number of amides is 1. The number of ether oxygens (including phenoxy) is 1. The highest BCUT2D eigenvalue weighted by molar-refractivity contribution is 5.97. The van der Waals surface area contributed by atoms with Gasteiger partial charge >= 0.3 is 5.97 Å². The molecule has 1 aromatic heterocycles. The van der Waals surface area contributed by atoms with Crippen molar-refractivity contribution in [3.8, 4) is 0 Å². The molecule has 0 unspecified atom stereocenters. The molecule has 138 valence electrons. The van der Waals surface area contributed by atoms with Crippen molar-refractivity contribution < 1.29 is 14.3 Å². The van der Waals surface area contributed by atoms with Crippen molar-refractivity contribution in [2.24, 2.45) is 0 Å². The Labute approximate surface area is 156 Å². The number of fused-ring (bicyclic) bond motifs is 1. The van der Waals surface area contributed by atoms with Crippen molar-refractivity contribution in [2.75, 3.05) is 5.32 Å². The first-order valence-corrected chi connectivity index (χ1v) is 8.70. The van der Waals surface area contributed by atoms with Crippen LogP contribution in [0.25, 0.3) is 10.9 Å². The Morgan fingerprint density at radius 3 is 2.52 bits per heavy atom. The molecule has 0 saturated heterocycles. The average molecular weight is 364 g/mol. The van der Waals surface area contributed by atoms with Crippen molar-refractivity contribution in [1.82, 2.24) is 4.98 Å².